The highest BCUT2D eigenvalue weighted by Gasteiger charge is 2.29. The summed E-state index contributed by atoms with van der Waals surface area (Å²) in [6.45, 7) is 0.339. The number of rotatable bonds is 4. The molecule has 130 valence electrons. The summed E-state index contributed by atoms with van der Waals surface area (Å²) >= 11 is 0. The van der Waals surface area contributed by atoms with Gasteiger partial charge in [0.25, 0.3) is 0 Å². The zero-order valence-electron chi connectivity index (χ0n) is 14.2. The molecule has 0 N–H and O–H groups in total. The molecule has 6 nitrogen and oxygen atoms in total. The van der Waals surface area contributed by atoms with E-state index < -0.39 is 5.97 Å². The number of hydrogen-bond donors (Lipinski definition) is 0. The van der Waals surface area contributed by atoms with Gasteiger partial charge in [-0.25, -0.2) is 4.79 Å². The molecule has 0 saturated heterocycles. The molecule has 0 amide bonds. The molecular weight excluding hydrogens is 322 g/mol. The zero-order chi connectivity index (χ0) is 17.4. The van der Waals surface area contributed by atoms with Crippen molar-refractivity contribution in [1.29, 1.82) is 0 Å². The van der Waals surface area contributed by atoms with Crippen molar-refractivity contribution in [2.45, 2.75) is 24.9 Å². The molecule has 1 unspecified atom stereocenters. The summed E-state index contributed by atoms with van der Waals surface area (Å²) in [6, 6.07) is 7.29. The van der Waals surface area contributed by atoms with Crippen molar-refractivity contribution < 1.29 is 23.7 Å². The molecule has 4 rings (SSSR count). The van der Waals surface area contributed by atoms with Crippen molar-refractivity contribution in [3.8, 4) is 17.2 Å². The number of fused-ring (bicyclic) bond motifs is 1. The van der Waals surface area contributed by atoms with Gasteiger partial charge in [0, 0.05) is 23.4 Å². The van der Waals surface area contributed by atoms with Crippen molar-refractivity contribution >= 4 is 5.97 Å². The Kier molecular flexibility index (Phi) is 3.95. The molecule has 2 aromatic rings. The van der Waals surface area contributed by atoms with Gasteiger partial charge in [-0.15, -0.1) is 0 Å². The molecule has 2 aliphatic rings. The third-order valence-corrected chi connectivity index (χ3v) is 4.49. The first-order valence-corrected chi connectivity index (χ1v) is 8.25. The van der Waals surface area contributed by atoms with E-state index in [-0.39, 0.29) is 6.10 Å². The number of esters is 1. The average molecular weight is 341 g/mol. The maximum atomic E-state index is 11.8. The minimum Gasteiger partial charge on any atom is -0.493 e. The molecule has 2 heterocycles. The number of nitrogens with zero attached hydrogens (tertiary/aromatic N) is 1. The van der Waals surface area contributed by atoms with Gasteiger partial charge in [-0.3, -0.25) is 4.98 Å². The van der Waals surface area contributed by atoms with Crippen molar-refractivity contribution in [3.05, 3.63) is 47.3 Å². The van der Waals surface area contributed by atoms with Gasteiger partial charge in [0.2, 0.25) is 5.75 Å². The molecule has 25 heavy (non-hydrogen) atoms. The van der Waals surface area contributed by atoms with Crippen LogP contribution in [0.1, 0.15) is 46.5 Å². The van der Waals surface area contributed by atoms with Gasteiger partial charge in [0.15, 0.2) is 17.6 Å². The number of hydrogen-bond acceptors (Lipinski definition) is 6. The number of carbonyl (C=O) groups is 1. The molecule has 0 spiro atoms. The monoisotopic (exact) mass is 341 g/mol. The zero-order valence-corrected chi connectivity index (χ0v) is 14.2. The van der Waals surface area contributed by atoms with Crippen LogP contribution in [0, 0.1) is 0 Å². The summed E-state index contributed by atoms with van der Waals surface area (Å²) < 4.78 is 22.0. The Morgan fingerprint density at radius 2 is 2.08 bits per heavy atom. The number of aromatic nitrogens is 1. The van der Waals surface area contributed by atoms with E-state index in [9.17, 15) is 4.79 Å². The minimum atomic E-state index is -0.452. The Bertz CT molecular complexity index is 781. The Morgan fingerprint density at radius 3 is 2.72 bits per heavy atom. The molecule has 1 aromatic carbocycles. The Morgan fingerprint density at radius 1 is 1.24 bits per heavy atom. The fourth-order valence-corrected chi connectivity index (χ4v) is 2.92. The predicted octanol–water partition coefficient (Wildman–Crippen LogP) is 3.27. The predicted molar refractivity (Wildman–Crippen MR) is 89.4 cm³/mol. The summed E-state index contributed by atoms with van der Waals surface area (Å²) in [6.07, 6.45) is 4.03. The van der Waals surface area contributed by atoms with E-state index in [1.165, 1.54) is 27.1 Å². The molecule has 1 aromatic heterocycles. The lowest BCUT2D eigenvalue weighted by Gasteiger charge is -2.28. The fraction of sp³-hybridized carbons (Fsp3) is 0.368. The number of ether oxygens (including phenoxy) is 4. The smallest absolute Gasteiger partial charge is 0.338 e. The number of benzene rings is 1. The van der Waals surface area contributed by atoms with Crippen LogP contribution in [0.2, 0.25) is 0 Å². The van der Waals surface area contributed by atoms with E-state index >= 15 is 0 Å². The van der Waals surface area contributed by atoms with Gasteiger partial charge in [0.1, 0.15) is 6.61 Å². The molecule has 1 atom stereocenters. The Hall–Kier alpha value is -2.76. The fourth-order valence-electron chi connectivity index (χ4n) is 2.92. The summed E-state index contributed by atoms with van der Waals surface area (Å²) in [4.78, 5) is 16.3. The van der Waals surface area contributed by atoms with Crippen molar-refractivity contribution in [3.63, 3.8) is 0 Å². The second kappa shape index (κ2) is 6.27. The molecular formula is C19H19NO5. The largest absolute Gasteiger partial charge is 0.493 e. The van der Waals surface area contributed by atoms with E-state index in [0.717, 1.165) is 11.3 Å². The van der Waals surface area contributed by atoms with E-state index in [2.05, 4.69) is 11.1 Å². The van der Waals surface area contributed by atoms with Crippen molar-refractivity contribution in [2.75, 3.05) is 20.8 Å². The molecule has 1 aliphatic carbocycles. The minimum absolute atomic E-state index is 0.272. The second-order valence-electron chi connectivity index (χ2n) is 6.21. The molecule has 6 heteroatoms. The first kappa shape index (κ1) is 15.7. The van der Waals surface area contributed by atoms with Gasteiger partial charge in [-0.1, -0.05) is 6.07 Å². The highest BCUT2D eigenvalue weighted by Crippen LogP contribution is 2.45. The van der Waals surface area contributed by atoms with Gasteiger partial charge in [-0.2, -0.15) is 0 Å². The van der Waals surface area contributed by atoms with Crippen LogP contribution in [0.4, 0.5) is 0 Å². The van der Waals surface area contributed by atoms with Crippen LogP contribution in [0.25, 0.3) is 0 Å². The lowest BCUT2D eigenvalue weighted by Crippen LogP contribution is -2.22. The quantitative estimate of drug-likeness (QED) is 0.795. The van der Waals surface area contributed by atoms with Gasteiger partial charge in [-0.05, 0) is 31.0 Å². The standard InChI is InChI=1S/C19H19NO5/c1-22-15-7-13(19(21)23-2)8-16-18(15)25-17(10-24-16)12-5-6-14(20-9-12)11-3-4-11/h5-9,11,17H,3-4,10H2,1-2H3. The third kappa shape index (κ3) is 2.99. The molecule has 0 radical (unpaired) electrons. The third-order valence-electron chi connectivity index (χ3n) is 4.49. The van der Waals surface area contributed by atoms with Gasteiger partial charge < -0.3 is 18.9 Å². The lowest BCUT2D eigenvalue weighted by molar-refractivity contribution is 0.0595. The SMILES string of the molecule is COC(=O)c1cc(OC)c2c(c1)OCC(c1ccc(C3CC3)nc1)O2. The normalized spacial score (nSPS) is 18.6. The number of methoxy groups -OCH3 is 2. The van der Waals surface area contributed by atoms with Crippen molar-refractivity contribution in [2.24, 2.45) is 0 Å². The van der Waals surface area contributed by atoms with Crippen LogP contribution in [0.15, 0.2) is 30.5 Å². The maximum absolute atomic E-state index is 11.8. The van der Waals surface area contributed by atoms with Crippen molar-refractivity contribution in [1.82, 2.24) is 4.98 Å². The highest BCUT2D eigenvalue weighted by atomic mass is 16.6. The highest BCUT2D eigenvalue weighted by molar-refractivity contribution is 5.91. The van der Waals surface area contributed by atoms with Crippen LogP contribution < -0.4 is 14.2 Å². The summed E-state index contributed by atoms with van der Waals surface area (Å²) in [5, 5.41) is 0. The van der Waals surface area contributed by atoms with Crippen LogP contribution >= 0.6 is 0 Å². The van der Waals surface area contributed by atoms with E-state index in [1.54, 1.807) is 12.1 Å². The Balaban J connectivity index is 1.60. The first-order valence-electron chi connectivity index (χ1n) is 8.25. The number of carbonyl (C=O) groups excluding carboxylic acids is 1. The summed E-state index contributed by atoms with van der Waals surface area (Å²) in [7, 11) is 2.86. The molecule has 1 aliphatic heterocycles. The lowest BCUT2D eigenvalue weighted by atomic mass is 10.1. The summed E-state index contributed by atoms with van der Waals surface area (Å²) in [5.74, 6) is 1.56. The van der Waals surface area contributed by atoms with Crippen LogP contribution in [-0.4, -0.2) is 31.8 Å². The van der Waals surface area contributed by atoms with E-state index in [1.807, 2.05) is 12.3 Å². The topological polar surface area (TPSA) is 66.9 Å². The Labute approximate surface area is 145 Å². The number of pyridine rings is 1. The first-order chi connectivity index (χ1) is 12.2. The van der Waals surface area contributed by atoms with Crippen LogP contribution in [0.5, 0.6) is 17.2 Å². The molecule has 0 bridgehead atoms. The van der Waals surface area contributed by atoms with Gasteiger partial charge >= 0.3 is 5.97 Å². The molecule has 1 fully saturated rings. The average Bonchev–Trinajstić information content (AvgIpc) is 3.51. The van der Waals surface area contributed by atoms with Crippen LogP contribution in [0.3, 0.4) is 0 Å². The summed E-state index contributed by atoms with van der Waals surface area (Å²) in [5.41, 5.74) is 2.45. The maximum Gasteiger partial charge on any atom is 0.338 e. The second-order valence-corrected chi connectivity index (χ2v) is 6.21. The van der Waals surface area contributed by atoms with E-state index in [4.69, 9.17) is 18.9 Å². The molecule has 1 saturated carbocycles. The van der Waals surface area contributed by atoms with Gasteiger partial charge in [0.05, 0.1) is 19.8 Å². The van der Waals surface area contributed by atoms with Crippen LogP contribution in [-0.2, 0) is 4.74 Å². The van der Waals surface area contributed by atoms with E-state index in [0.29, 0.717) is 35.3 Å².